The molecule has 0 fully saturated rings. The molecule has 0 aromatic heterocycles. The number of benzene rings is 2. The number of para-hydroxylation sites is 1. The number of hydrogen-bond acceptors (Lipinski definition) is 2. The molecule has 11 heteroatoms. The second-order valence-corrected chi connectivity index (χ2v) is 7.71. The maximum atomic E-state index is 13.2. The van der Waals surface area contributed by atoms with Gasteiger partial charge in [0.05, 0.1) is 22.9 Å². The van der Waals surface area contributed by atoms with Crippen molar-refractivity contribution in [2.45, 2.75) is 44.7 Å². The quantitative estimate of drug-likeness (QED) is 0.548. The Labute approximate surface area is 185 Å². The SMILES string of the molecule is CC(=O)N(Cc1cc(C(F)(F)F)cc(C(F)(F)F)c1)C1CCCN(C(=O)O)c2ccccc21. The zero-order valence-electron chi connectivity index (χ0n) is 17.4. The van der Waals surface area contributed by atoms with Crippen LogP contribution in [0.25, 0.3) is 0 Å². The fraction of sp³-hybridized carbons (Fsp3) is 0.364. The van der Waals surface area contributed by atoms with Gasteiger partial charge < -0.3 is 10.0 Å². The minimum atomic E-state index is -5.01. The summed E-state index contributed by atoms with van der Waals surface area (Å²) in [5, 5.41) is 9.53. The average molecular weight is 474 g/mol. The molecule has 0 saturated carbocycles. The molecule has 0 saturated heterocycles. The van der Waals surface area contributed by atoms with Crippen molar-refractivity contribution >= 4 is 17.7 Å². The molecule has 3 rings (SSSR count). The lowest BCUT2D eigenvalue weighted by Gasteiger charge is -2.32. The van der Waals surface area contributed by atoms with E-state index in [9.17, 15) is 41.0 Å². The Morgan fingerprint density at radius 2 is 1.61 bits per heavy atom. The Hall–Kier alpha value is -3.24. The van der Waals surface area contributed by atoms with Crippen molar-refractivity contribution in [1.29, 1.82) is 0 Å². The largest absolute Gasteiger partial charge is 0.465 e. The maximum Gasteiger partial charge on any atom is 0.416 e. The average Bonchev–Trinajstić information content (AvgIpc) is 2.90. The summed E-state index contributed by atoms with van der Waals surface area (Å²) in [7, 11) is 0. The Morgan fingerprint density at radius 1 is 1.03 bits per heavy atom. The first kappa shape index (κ1) is 24.4. The monoisotopic (exact) mass is 474 g/mol. The fourth-order valence-electron chi connectivity index (χ4n) is 4.00. The minimum Gasteiger partial charge on any atom is -0.465 e. The van der Waals surface area contributed by atoms with Crippen LogP contribution in [0.15, 0.2) is 42.5 Å². The molecule has 2 aromatic rings. The van der Waals surface area contributed by atoms with E-state index in [0.29, 0.717) is 29.8 Å². The normalized spacial score (nSPS) is 16.7. The van der Waals surface area contributed by atoms with Crippen LogP contribution in [0, 0.1) is 0 Å². The lowest BCUT2D eigenvalue weighted by Crippen LogP contribution is -2.33. The van der Waals surface area contributed by atoms with Gasteiger partial charge in [0, 0.05) is 20.0 Å². The molecule has 0 bridgehead atoms. The molecule has 33 heavy (non-hydrogen) atoms. The van der Waals surface area contributed by atoms with E-state index in [-0.39, 0.29) is 24.6 Å². The standard InChI is InChI=1S/C22H20F6N2O3/c1-13(31)30(12-14-9-15(21(23,24)25)11-16(10-14)22(26,27)28)19-7-4-8-29(20(32)33)18-6-3-2-5-17(18)19/h2-3,5-6,9-11,19H,4,7-8,12H2,1H3,(H,32,33). The van der Waals surface area contributed by atoms with Crippen LogP contribution >= 0.6 is 0 Å². The van der Waals surface area contributed by atoms with Crippen LogP contribution in [0.1, 0.15) is 48.1 Å². The van der Waals surface area contributed by atoms with Gasteiger partial charge in [0.25, 0.3) is 0 Å². The van der Waals surface area contributed by atoms with Gasteiger partial charge in [-0.25, -0.2) is 4.79 Å². The van der Waals surface area contributed by atoms with Crippen molar-refractivity contribution in [3.63, 3.8) is 0 Å². The summed E-state index contributed by atoms with van der Waals surface area (Å²) in [6, 6.07) is 6.88. The number of nitrogens with zero attached hydrogens (tertiary/aromatic N) is 2. The lowest BCUT2D eigenvalue weighted by atomic mass is 9.98. The van der Waals surface area contributed by atoms with Crippen LogP contribution < -0.4 is 4.90 Å². The first-order valence-corrected chi connectivity index (χ1v) is 9.94. The third-order valence-electron chi connectivity index (χ3n) is 5.46. The van der Waals surface area contributed by atoms with Crippen molar-refractivity contribution in [2.24, 2.45) is 0 Å². The van der Waals surface area contributed by atoms with Gasteiger partial charge in [-0.05, 0) is 48.2 Å². The highest BCUT2D eigenvalue weighted by atomic mass is 19.4. The van der Waals surface area contributed by atoms with Gasteiger partial charge in [-0.1, -0.05) is 18.2 Å². The number of fused-ring (bicyclic) bond motifs is 1. The van der Waals surface area contributed by atoms with Gasteiger partial charge in [0.2, 0.25) is 5.91 Å². The minimum absolute atomic E-state index is 0.0350. The maximum absolute atomic E-state index is 13.2. The highest BCUT2D eigenvalue weighted by Crippen LogP contribution is 2.40. The van der Waals surface area contributed by atoms with Gasteiger partial charge in [0.15, 0.2) is 0 Å². The molecule has 0 aliphatic carbocycles. The van der Waals surface area contributed by atoms with Crippen LogP contribution in [0.4, 0.5) is 36.8 Å². The lowest BCUT2D eigenvalue weighted by molar-refractivity contribution is -0.143. The van der Waals surface area contributed by atoms with E-state index in [2.05, 4.69) is 0 Å². The van der Waals surface area contributed by atoms with Crippen molar-refractivity contribution < 1.29 is 41.0 Å². The van der Waals surface area contributed by atoms with Crippen LogP contribution in [0.3, 0.4) is 0 Å². The third kappa shape index (κ3) is 5.40. The number of amides is 2. The number of anilines is 1. The zero-order chi connectivity index (χ0) is 24.6. The molecule has 1 aliphatic rings. The van der Waals surface area contributed by atoms with Gasteiger partial charge in [0.1, 0.15) is 0 Å². The molecule has 0 spiro atoms. The molecule has 5 nitrogen and oxygen atoms in total. The molecule has 1 atom stereocenters. The molecule has 1 unspecified atom stereocenters. The van der Waals surface area contributed by atoms with E-state index in [1.54, 1.807) is 24.3 Å². The number of carbonyl (C=O) groups is 2. The van der Waals surface area contributed by atoms with Crippen molar-refractivity contribution in [3.05, 3.63) is 64.7 Å². The number of rotatable bonds is 3. The van der Waals surface area contributed by atoms with Gasteiger partial charge in [-0.3, -0.25) is 9.69 Å². The fourth-order valence-corrected chi connectivity index (χ4v) is 4.00. The van der Waals surface area contributed by atoms with E-state index in [4.69, 9.17) is 0 Å². The molecule has 178 valence electrons. The molecular formula is C22H20F6N2O3. The molecule has 1 N–H and O–H groups in total. The Bertz CT molecular complexity index is 1020. The number of hydrogen-bond donors (Lipinski definition) is 1. The zero-order valence-corrected chi connectivity index (χ0v) is 17.4. The number of halogens is 6. The van der Waals surface area contributed by atoms with Crippen LogP contribution in [-0.4, -0.2) is 28.6 Å². The van der Waals surface area contributed by atoms with E-state index in [1.165, 1.54) is 11.8 Å². The molecular weight excluding hydrogens is 454 g/mol. The van der Waals surface area contributed by atoms with Crippen molar-refractivity contribution in [1.82, 2.24) is 4.90 Å². The summed E-state index contributed by atoms with van der Waals surface area (Å²) >= 11 is 0. The van der Waals surface area contributed by atoms with Crippen molar-refractivity contribution in [2.75, 3.05) is 11.4 Å². The summed E-state index contributed by atoms with van der Waals surface area (Å²) in [5.74, 6) is -0.565. The topological polar surface area (TPSA) is 60.9 Å². The number of carbonyl (C=O) groups excluding carboxylic acids is 1. The molecule has 2 aromatic carbocycles. The Balaban J connectivity index is 2.07. The molecule has 2 amide bonds. The Kier molecular flexibility index (Phi) is 6.62. The summed E-state index contributed by atoms with van der Waals surface area (Å²) in [4.78, 5) is 26.5. The summed E-state index contributed by atoms with van der Waals surface area (Å²) in [6.07, 6.45) is -10.6. The van der Waals surface area contributed by atoms with Gasteiger partial charge in [-0.15, -0.1) is 0 Å². The third-order valence-corrected chi connectivity index (χ3v) is 5.46. The predicted molar refractivity (Wildman–Crippen MR) is 106 cm³/mol. The van der Waals surface area contributed by atoms with Crippen LogP contribution in [0.5, 0.6) is 0 Å². The second kappa shape index (κ2) is 8.95. The number of alkyl halides is 6. The van der Waals surface area contributed by atoms with Gasteiger partial charge in [-0.2, -0.15) is 26.3 Å². The molecule has 1 heterocycles. The van der Waals surface area contributed by atoms with Crippen LogP contribution in [-0.2, 0) is 23.7 Å². The summed E-state index contributed by atoms with van der Waals surface area (Å²) in [6.45, 7) is 0.797. The van der Waals surface area contributed by atoms with E-state index in [1.807, 2.05) is 0 Å². The Morgan fingerprint density at radius 3 is 2.12 bits per heavy atom. The predicted octanol–water partition coefficient (Wildman–Crippen LogP) is 6.09. The second-order valence-electron chi connectivity index (χ2n) is 7.71. The van der Waals surface area contributed by atoms with E-state index in [0.717, 1.165) is 4.90 Å². The number of carboxylic acid groups (broad SMARTS) is 1. The van der Waals surface area contributed by atoms with Crippen LogP contribution in [0.2, 0.25) is 0 Å². The summed E-state index contributed by atoms with van der Waals surface area (Å²) < 4.78 is 79.5. The van der Waals surface area contributed by atoms with Gasteiger partial charge >= 0.3 is 18.4 Å². The molecule has 0 radical (unpaired) electrons. The van der Waals surface area contributed by atoms with Crippen molar-refractivity contribution in [3.8, 4) is 0 Å². The highest BCUT2D eigenvalue weighted by molar-refractivity contribution is 5.87. The van der Waals surface area contributed by atoms with E-state index < -0.39 is 48.1 Å². The highest BCUT2D eigenvalue weighted by Gasteiger charge is 2.38. The summed E-state index contributed by atoms with van der Waals surface area (Å²) in [5.41, 5.74) is -2.48. The smallest absolute Gasteiger partial charge is 0.416 e. The molecule has 1 aliphatic heterocycles. The van der Waals surface area contributed by atoms with E-state index >= 15 is 0 Å². The first-order chi connectivity index (χ1) is 15.3. The first-order valence-electron chi connectivity index (χ1n) is 9.94.